The van der Waals surface area contributed by atoms with Gasteiger partial charge in [0.2, 0.25) is 0 Å². The van der Waals surface area contributed by atoms with Crippen LogP contribution in [0.15, 0.2) is 83.8 Å². The van der Waals surface area contributed by atoms with Crippen LogP contribution in [-0.4, -0.2) is 21.8 Å². The third kappa shape index (κ3) is 4.77. The molecule has 0 aliphatic carbocycles. The van der Waals surface area contributed by atoms with Gasteiger partial charge in [-0.1, -0.05) is 30.3 Å². The van der Waals surface area contributed by atoms with Crippen LogP contribution in [0, 0.1) is 0 Å². The Balaban J connectivity index is 1.66. The summed E-state index contributed by atoms with van der Waals surface area (Å²) in [6.45, 7) is 0.220. The number of aromatic nitrogens is 2. The summed E-state index contributed by atoms with van der Waals surface area (Å²) in [5.41, 5.74) is 0.863. The van der Waals surface area contributed by atoms with Crippen molar-refractivity contribution in [2.24, 2.45) is 0 Å². The summed E-state index contributed by atoms with van der Waals surface area (Å²) >= 11 is 0. The Hall–Kier alpha value is -4.14. The topological polar surface area (TPSA) is 73.2 Å². The Kier molecular flexibility index (Phi) is 5.63. The normalized spacial score (nSPS) is 11.3. The molecule has 0 unspecified atom stereocenters. The third-order valence-electron chi connectivity index (χ3n) is 4.62. The van der Waals surface area contributed by atoms with E-state index in [1.54, 1.807) is 18.3 Å². The van der Waals surface area contributed by atoms with Crippen molar-refractivity contribution in [3.8, 4) is 5.75 Å². The Labute approximate surface area is 179 Å². The minimum Gasteiger partial charge on any atom is -0.406 e. The molecule has 0 atom stereocenters. The largest absolute Gasteiger partial charge is 0.573 e. The molecule has 0 fully saturated rings. The summed E-state index contributed by atoms with van der Waals surface area (Å²) in [6, 6.07) is 18.8. The Morgan fingerprint density at radius 2 is 1.72 bits per heavy atom. The fourth-order valence-electron chi connectivity index (χ4n) is 3.22. The summed E-state index contributed by atoms with van der Waals surface area (Å²) < 4.78 is 42.1. The lowest BCUT2D eigenvalue weighted by molar-refractivity contribution is -0.274. The highest BCUT2D eigenvalue weighted by atomic mass is 19.4. The van der Waals surface area contributed by atoms with E-state index < -0.39 is 23.6 Å². The van der Waals surface area contributed by atoms with Gasteiger partial charge in [-0.25, -0.2) is 4.98 Å². The van der Waals surface area contributed by atoms with Gasteiger partial charge in [-0.3, -0.25) is 14.2 Å². The van der Waals surface area contributed by atoms with Crippen LogP contribution in [0.4, 0.5) is 18.9 Å². The maximum atomic E-state index is 13.1. The van der Waals surface area contributed by atoms with Crippen molar-refractivity contribution in [3.63, 3.8) is 0 Å². The van der Waals surface area contributed by atoms with Crippen LogP contribution in [0.5, 0.6) is 5.75 Å². The summed E-state index contributed by atoms with van der Waals surface area (Å²) in [5.74, 6) is -1.11. The van der Waals surface area contributed by atoms with Gasteiger partial charge in [0.05, 0.1) is 6.54 Å². The van der Waals surface area contributed by atoms with Gasteiger partial charge >= 0.3 is 6.36 Å². The molecule has 6 nitrogen and oxygen atoms in total. The van der Waals surface area contributed by atoms with Gasteiger partial charge in [0.15, 0.2) is 0 Å². The van der Waals surface area contributed by atoms with Crippen LogP contribution in [0.3, 0.4) is 0 Å². The summed E-state index contributed by atoms with van der Waals surface area (Å²) in [7, 11) is 0. The van der Waals surface area contributed by atoms with Gasteiger partial charge in [-0.15, -0.1) is 13.2 Å². The fourth-order valence-corrected chi connectivity index (χ4v) is 3.22. The number of nitrogens with zero attached hydrogens (tertiary/aromatic N) is 2. The van der Waals surface area contributed by atoms with Crippen molar-refractivity contribution in [1.82, 2.24) is 9.55 Å². The van der Waals surface area contributed by atoms with E-state index in [9.17, 15) is 22.8 Å². The number of hydrogen-bond acceptors (Lipinski definition) is 4. The van der Waals surface area contributed by atoms with Crippen LogP contribution in [0.2, 0.25) is 0 Å². The molecule has 4 aromatic rings. The zero-order chi connectivity index (χ0) is 22.7. The number of halogens is 3. The lowest BCUT2D eigenvalue weighted by Crippen LogP contribution is -2.30. The van der Waals surface area contributed by atoms with E-state index in [1.807, 2.05) is 30.3 Å². The monoisotopic (exact) mass is 439 g/mol. The smallest absolute Gasteiger partial charge is 0.406 e. The van der Waals surface area contributed by atoms with E-state index in [4.69, 9.17) is 0 Å². The molecule has 2 aromatic carbocycles. The maximum Gasteiger partial charge on any atom is 0.573 e. The van der Waals surface area contributed by atoms with Crippen molar-refractivity contribution in [1.29, 1.82) is 0 Å². The number of benzene rings is 2. The van der Waals surface area contributed by atoms with Gasteiger partial charge in [-0.05, 0) is 48.0 Å². The average Bonchev–Trinajstić information content (AvgIpc) is 2.76. The molecule has 0 aliphatic heterocycles. The molecule has 0 saturated heterocycles. The highest BCUT2D eigenvalue weighted by Crippen LogP contribution is 2.24. The molecule has 2 aromatic heterocycles. The predicted octanol–water partition coefficient (Wildman–Crippen LogP) is 4.60. The molecule has 162 valence electrons. The highest BCUT2D eigenvalue weighted by molar-refractivity contribution is 6.05. The molecule has 9 heteroatoms. The number of pyridine rings is 2. The number of rotatable bonds is 5. The molecule has 4 rings (SSSR count). The first kappa shape index (κ1) is 21.1. The van der Waals surface area contributed by atoms with Gasteiger partial charge in [0.1, 0.15) is 17.0 Å². The average molecular weight is 439 g/mol. The highest BCUT2D eigenvalue weighted by Gasteiger charge is 2.31. The lowest BCUT2D eigenvalue weighted by Gasteiger charge is -2.13. The lowest BCUT2D eigenvalue weighted by atomic mass is 10.1. The fraction of sp³-hybridized carbons (Fsp3) is 0.0870. The van der Waals surface area contributed by atoms with Gasteiger partial charge in [0.25, 0.3) is 11.5 Å². The molecular weight excluding hydrogens is 423 g/mol. The minimum absolute atomic E-state index is 0.114. The number of alkyl halides is 3. The van der Waals surface area contributed by atoms with E-state index in [0.717, 1.165) is 17.7 Å². The molecule has 0 saturated carbocycles. The van der Waals surface area contributed by atoms with Crippen molar-refractivity contribution in [2.45, 2.75) is 12.9 Å². The second-order valence-electron chi connectivity index (χ2n) is 6.88. The van der Waals surface area contributed by atoms with Crippen LogP contribution >= 0.6 is 0 Å². The predicted molar refractivity (Wildman–Crippen MR) is 113 cm³/mol. The molecule has 32 heavy (non-hydrogen) atoms. The summed E-state index contributed by atoms with van der Waals surface area (Å²) in [5, 5.41) is 3.13. The van der Waals surface area contributed by atoms with E-state index in [2.05, 4.69) is 15.0 Å². The number of hydrogen-bond donors (Lipinski definition) is 1. The Bertz CT molecular complexity index is 1320. The van der Waals surface area contributed by atoms with Crippen LogP contribution in [0.1, 0.15) is 15.9 Å². The van der Waals surface area contributed by atoms with Crippen molar-refractivity contribution >= 4 is 22.6 Å². The standard InChI is InChI=1S/C23H16F3N3O3/c24-23(25,26)32-18-10-8-17(9-11-18)28-21(30)19-13-16-7-4-12-27-20(16)29(22(19)31)14-15-5-2-1-3-6-15/h1-13H,14H2,(H,28,30). The Morgan fingerprint density at radius 1 is 1.00 bits per heavy atom. The van der Waals surface area contributed by atoms with E-state index >= 15 is 0 Å². The number of carbonyl (C=O) groups excluding carboxylic acids is 1. The second-order valence-corrected chi connectivity index (χ2v) is 6.88. The molecule has 2 heterocycles. The molecule has 0 spiro atoms. The van der Waals surface area contributed by atoms with Crippen LogP contribution in [-0.2, 0) is 6.54 Å². The van der Waals surface area contributed by atoms with Gasteiger partial charge < -0.3 is 10.1 Å². The summed E-state index contributed by atoms with van der Waals surface area (Å²) in [6.07, 6.45) is -3.25. The number of fused-ring (bicyclic) bond motifs is 1. The molecule has 0 aliphatic rings. The Morgan fingerprint density at radius 3 is 2.41 bits per heavy atom. The van der Waals surface area contributed by atoms with E-state index in [0.29, 0.717) is 11.0 Å². The number of amides is 1. The molecule has 0 radical (unpaired) electrons. The van der Waals surface area contributed by atoms with Crippen molar-refractivity contribution in [3.05, 3.63) is 100 Å². The number of carbonyl (C=O) groups is 1. The summed E-state index contributed by atoms with van der Waals surface area (Å²) in [4.78, 5) is 30.3. The number of ether oxygens (including phenoxy) is 1. The van der Waals surface area contributed by atoms with Crippen molar-refractivity contribution in [2.75, 3.05) is 5.32 Å². The van der Waals surface area contributed by atoms with Gasteiger partial charge in [0, 0.05) is 17.3 Å². The van der Waals surface area contributed by atoms with Crippen LogP contribution < -0.4 is 15.6 Å². The number of anilines is 1. The minimum atomic E-state index is -4.81. The molecular formula is C23H16F3N3O3. The number of nitrogens with one attached hydrogen (secondary N) is 1. The van der Waals surface area contributed by atoms with E-state index in [-0.39, 0.29) is 17.8 Å². The quantitative estimate of drug-likeness (QED) is 0.494. The first-order chi connectivity index (χ1) is 15.3. The molecule has 1 amide bonds. The van der Waals surface area contributed by atoms with Crippen molar-refractivity contribution < 1.29 is 22.7 Å². The van der Waals surface area contributed by atoms with Gasteiger partial charge in [-0.2, -0.15) is 0 Å². The van der Waals surface area contributed by atoms with E-state index in [1.165, 1.54) is 22.8 Å². The zero-order valence-electron chi connectivity index (χ0n) is 16.5. The first-order valence-electron chi connectivity index (χ1n) is 9.50. The molecule has 1 N–H and O–H groups in total. The maximum absolute atomic E-state index is 13.1. The SMILES string of the molecule is O=C(Nc1ccc(OC(F)(F)F)cc1)c1cc2cccnc2n(Cc2ccccc2)c1=O. The second kappa shape index (κ2) is 8.54. The third-order valence-corrected chi connectivity index (χ3v) is 4.62. The molecule has 0 bridgehead atoms. The first-order valence-corrected chi connectivity index (χ1v) is 9.50. The zero-order valence-corrected chi connectivity index (χ0v) is 16.5. The van der Waals surface area contributed by atoms with Crippen LogP contribution in [0.25, 0.3) is 11.0 Å².